The lowest BCUT2D eigenvalue weighted by molar-refractivity contribution is -0.402. The number of furan rings is 1. The molecule has 2 aliphatic heterocycles. The van der Waals surface area contributed by atoms with Crippen molar-refractivity contribution in [2.24, 2.45) is 0 Å². The molecule has 26 heavy (non-hydrogen) atoms. The summed E-state index contributed by atoms with van der Waals surface area (Å²) in [6.07, 6.45) is 3.47. The standard InChI is InChI=1S/C15H21N3O7S/c1-26(22,23)16-11-4-9-24-15(10-11)5-7-17(8-6-15)14(19)12-2-3-13(25-12)18(20)21/h2-3,11,16H,4-10H2,1H3. The maximum atomic E-state index is 12.4. The van der Waals surface area contributed by atoms with Crippen molar-refractivity contribution in [3.63, 3.8) is 0 Å². The number of likely N-dealkylation sites (tertiary alicyclic amines) is 1. The van der Waals surface area contributed by atoms with Crippen molar-refractivity contribution in [3.05, 3.63) is 28.0 Å². The summed E-state index contributed by atoms with van der Waals surface area (Å²) in [7, 11) is -3.28. The quantitative estimate of drug-likeness (QED) is 0.599. The summed E-state index contributed by atoms with van der Waals surface area (Å²) in [6, 6.07) is 2.28. The number of piperidine rings is 1. The maximum Gasteiger partial charge on any atom is 0.433 e. The normalized spacial score (nSPS) is 23.1. The zero-order chi connectivity index (χ0) is 18.9. The summed E-state index contributed by atoms with van der Waals surface area (Å²) in [4.78, 5) is 24.0. The average molecular weight is 387 g/mol. The van der Waals surface area contributed by atoms with Gasteiger partial charge in [-0.2, -0.15) is 0 Å². The van der Waals surface area contributed by atoms with Crippen LogP contribution in [0, 0.1) is 10.1 Å². The Labute approximate surface area is 150 Å². The van der Waals surface area contributed by atoms with Crippen LogP contribution in [0.15, 0.2) is 16.5 Å². The molecule has 2 fully saturated rings. The molecule has 0 radical (unpaired) electrons. The van der Waals surface area contributed by atoms with Crippen LogP contribution in [0.4, 0.5) is 5.88 Å². The third-order valence-electron chi connectivity index (χ3n) is 4.82. The van der Waals surface area contributed by atoms with Crippen molar-refractivity contribution in [2.75, 3.05) is 26.0 Å². The third-order valence-corrected chi connectivity index (χ3v) is 5.58. The van der Waals surface area contributed by atoms with E-state index in [1.54, 1.807) is 4.90 Å². The van der Waals surface area contributed by atoms with Crippen LogP contribution in [0.2, 0.25) is 0 Å². The average Bonchev–Trinajstić information content (AvgIpc) is 3.04. The van der Waals surface area contributed by atoms with Gasteiger partial charge in [-0.1, -0.05) is 0 Å². The lowest BCUT2D eigenvalue weighted by Gasteiger charge is -2.46. The van der Waals surface area contributed by atoms with Crippen molar-refractivity contribution in [1.82, 2.24) is 9.62 Å². The molecule has 2 aliphatic rings. The van der Waals surface area contributed by atoms with Crippen molar-refractivity contribution >= 4 is 21.8 Å². The number of amides is 1. The first kappa shape index (κ1) is 18.8. The topological polar surface area (TPSA) is 132 Å². The zero-order valence-electron chi connectivity index (χ0n) is 14.3. The van der Waals surface area contributed by atoms with E-state index in [9.17, 15) is 23.3 Å². The van der Waals surface area contributed by atoms with Gasteiger partial charge < -0.3 is 14.1 Å². The van der Waals surface area contributed by atoms with E-state index in [0.717, 1.165) is 12.3 Å². The number of rotatable bonds is 4. The van der Waals surface area contributed by atoms with Crippen molar-refractivity contribution in [3.8, 4) is 0 Å². The summed E-state index contributed by atoms with van der Waals surface area (Å²) < 4.78 is 36.5. The van der Waals surface area contributed by atoms with Gasteiger partial charge in [-0.3, -0.25) is 14.9 Å². The number of carbonyl (C=O) groups is 1. The van der Waals surface area contributed by atoms with Crippen LogP contribution < -0.4 is 4.72 Å². The molecular formula is C15H21N3O7S. The Balaban J connectivity index is 1.61. The lowest BCUT2D eigenvalue weighted by Crippen LogP contribution is -2.54. The van der Waals surface area contributed by atoms with Gasteiger partial charge in [0, 0.05) is 25.7 Å². The molecule has 2 saturated heterocycles. The predicted octanol–water partition coefficient (Wildman–Crippen LogP) is 0.891. The van der Waals surface area contributed by atoms with Crippen molar-refractivity contribution < 1.29 is 27.3 Å². The number of hydrogen-bond donors (Lipinski definition) is 1. The molecule has 3 rings (SSSR count). The number of ether oxygens (including phenoxy) is 1. The first-order chi connectivity index (χ1) is 12.2. The number of nitrogens with one attached hydrogen (secondary N) is 1. The van der Waals surface area contributed by atoms with Gasteiger partial charge >= 0.3 is 5.88 Å². The van der Waals surface area contributed by atoms with Gasteiger partial charge in [-0.05, 0) is 31.7 Å². The number of nitro groups is 1. The summed E-state index contributed by atoms with van der Waals surface area (Å²) >= 11 is 0. The van der Waals surface area contributed by atoms with E-state index in [-0.39, 0.29) is 11.8 Å². The Bertz CT molecular complexity index is 796. The van der Waals surface area contributed by atoms with Gasteiger partial charge in [0.2, 0.25) is 10.0 Å². The Morgan fingerprint density at radius 1 is 1.38 bits per heavy atom. The summed E-state index contributed by atoms with van der Waals surface area (Å²) in [6.45, 7) is 1.30. The molecule has 1 aromatic rings. The van der Waals surface area contributed by atoms with Gasteiger partial charge in [0.15, 0.2) is 5.76 Å². The smallest absolute Gasteiger partial charge is 0.395 e. The summed E-state index contributed by atoms with van der Waals surface area (Å²) in [5, 5.41) is 10.7. The largest absolute Gasteiger partial charge is 0.433 e. The van der Waals surface area contributed by atoms with Crippen LogP contribution in [-0.2, 0) is 14.8 Å². The molecular weight excluding hydrogens is 366 g/mol. The van der Waals surface area contributed by atoms with Crippen LogP contribution in [0.1, 0.15) is 36.2 Å². The highest BCUT2D eigenvalue weighted by Gasteiger charge is 2.42. The highest BCUT2D eigenvalue weighted by Crippen LogP contribution is 2.35. The number of nitrogens with zero attached hydrogens (tertiary/aromatic N) is 2. The van der Waals surface area contributed by atoms with E-state index in [1.165, 1.54) is 6.07 Å². The summed E-state index contributed by atoms with van der Waals surface area (Å²) in [5.41, 5.74) is -0.452. The van der Waals surface area contributed by atoms with Crippen LogP contribution in [0.25, 0.3) is 0 Å². The molecule has 3 heterocycles. The second kappa shape index (κ2) is 6.97. The van der Waals surface area contributed by atoms with Crippen LogP contribution in [-0.4, -0.2) is 61.7 Å². The minimum atomic E-state index is -3.28. The fraction of sp³-hybridized carbons (Fsp3) is 0.667. The first-order valence-corrected chi connectivity index (χ1v) is 10.2. The van der Waals surface area contributed by atoms with E-state index in [2.05, 4.69) is 4.72 Å². The molecule has 1 N–H and O–H groups in total. The second-order valence-electron chi connectivity index (χ2n) is 6.80. The van der Waals surface area contributed by atoms with Crippen LogP contribution in [0.5, 0.6) is 0 Å². The Hall–Kier alpha value is -1.98. The third kappa shape index (κ3) is 4.22. The first-order valence-electron chi connectivity index (χ1n) is 8.32. The zero-order valence-corrected chi connectivity index (χ0v) is 15.2. The molecule has 11 heteroatoms. The van der Waals surface area contributed by atoms with Gasteiger partial charge in [-0.25, -0.2) is 13.1 Å². The Kier molecular flexibility index (Phi) is 5.04. The van der Waals surface area contributed by atoms with Gasteiger partial charge in [0.1, 0.15) is 4.92 Å². The maximum absolute atomic E-state index is 12.4. The number of hydrogen-bond acceptors (Lipinski definition) is 7. The lowest BCUT2D eigenvalue weighted by atomic mass is 9.82. The number of sulfonamides is 1. The van der Waals surface area contributed by atoms with E-state index >= 15 is 0 Å². The highest BCUT2D eigenvalue weighted by atomic mass is 32.2. The number of carbonyl (C=O) groups excluding carboxylic acids is 1. The van der Waals surface area contributed by atoms with E-state index in [4.69, 9.17) is 9.15 Å². The Morgan fingerprint density at radius 3 is 2.65 bits per heavy atom. The van der Waals surface area contributed by atoms with E-state index in [0.29, 0.717) is 45.4 Å². The molecule has 1 unspecified atom stereocenters. The van der Waals surface area contributed by atoms with Crippen LogP contribution in [0.3, 0.4) is 0 Å². The molecule has 1 atom stereocenters. The van der Waals surface area contributed by atoms with Crippen molar-refractivity contribution in [1.29, 1.82) is 0 Å². The molecule has 0 saturated carbocycles. The summed E-state index contributed by atoms with van der Waals surface area (Å²) in [5.74, 6) is -0.921. The van der Waals surface area contributed by atoms with Gasteiger partial charge in [0.05, 0.1) is 17.9 Å². The minimum absolute atomic E-state index is 0.0613. The van der Waals surface area contributed by atoms with Gasteiger partial charge in [0.25, 0.3) is 5.91 Å². The van der Waals surface area contributed by atoms with Crippen molar-refractivity contribution in [2.45, 2.75) is 37.3 Å². The molecule has 1 spiro atoms. The SMILES string of the molecule is CS(=O)(=O)NC1CCOC2(CCN(C(=O)c3ccc([N+](=O)[O-])o3)CC2)C1. The Morgan fingerprint density at radius 2 is 2.08 bits per heavy atom. The molecule has 1 aromatic heterocycles. The minimum Gasteiger partial charge on any atom is -0.395 e. The molecule has 0 aliphatic carbocycles. The second-order valence-corrected chi connectivity index (χ2v) is 8.58. The molecule has 144 valence electrons. The molecule has 10 nitrogen and oxygen atoms in total. The van der Waals surface area contributed by atoms with Gasteiger partial charge in [-0.15, -0.1) is 0 Å². The van der Waals surface area contributed by atoms with E-state index in [1.807, 2.05) is 0 Å². The molecule has 1 amide bonds. The van der Waals surface area contributed by atoms with Crippen LogP contribution >= 0.6 is 0 Å². The fourth-order valence-electron chi connectivity index (χ4n) is 3.59. The highest BCUT2D eigenvalue weighted by molar-refractivity contribution is 7.88. The predicted molar refractivity (Wildman–Crippen MR) is 90.2 cm³/mol. The molecule has 0 aromatic carbocycles. The van der Waals surface area contributed by atoms with E-state index < -0.39 is 32.3 Å². The fourth-order valence-corrected chi connectivity index (χ4v) is 4.40. The molecule has 0 bridgehead atoms. The monoisotopic (exact) mass is 387 g/mol.